The van der Waals surface area contributed by atoms with Crippen LogP contribution in [-0.2, 0) is 27.2 Å². The third-order valence-electron chi connectivity index (χ3n) is 13.4. The zero-order valence-electron chi connectivity index (χ0n) is 41.2. The molecular formula is C53H78ClN5O5. The number of nitrogens with one attached hydrogen (secondary N) is 2. The fourth-order valence-corrected chi connectivity index (χ4v) is 8.72. The van der Waals surface area contributed by atoms with Gasteiger partial charge in [-0.25, -0.2) is 4.98 Å². The largest absolute Gasteiger partial charge is 0.481 e. The molecule has 10 nitrogen and oxygen atoms in total. The maximum Gasteiger partial charge on any atom is 0.266 e. The van der Waals surface area contributed by atoms with E-state index in [4.69, 9.17) is 26.4 Å². The maximum absolute atomic E-state index is 13.3. The number of benzene rings is 2. The molecule has 1 aliphatic carbocycles. The number of halogens is 1. The van der Waals surface area contributed by atoms with Crippen molar-refractivity contribution in [2.45, 2.75) is 145 Å². The van der Waals surface area contributed by atoms with Crippen LogP contribution in [0.15, 0.2) is 66.6 Å². The molecule has 0 bridgehead atoms. The number of anilines is 1. The molecule has 2 aliphatic rings. The number of aryl methyl sites for hydroxylation is 1. The molecule has 11 heteroatoms. The highest BCUT2D eigenvalue weighted by atomic mass is 35.5. The number of aliphatic hydroxyl groups excluding tert-OH is 1. The Bertz CT molecular complexity index is 2090. The number of fused-ring (bicyclic) bond motifs is 1. The number of aromatic nitrogens is 1. The summed E-state index contributed by atoms with van der Waals surface area (Å²) in [5, 5.41) is 15.9. The van der Waals surface area contributed by atoms with E-state index < -0.39 is 11.8 Å². The van der Waals surface area contributed by atoms with E-state index in [2.05, 4.69) is 64.8 Å². The number of carbonyl (C=O) groups is 3. The van der Waals surface area contributed by atoms with E-state index in [1.54, 1.807) is 26.1 Å². The predicted octanol–water partition coefficient (Wildman–Crippen LogP) is 11.9. The number of pyridine rings is 1. The number of methoxy groups -OCH3 is 1. The third kappa shape index (κ3) is 12.8. The highest BCUT2D eigenvalue weighted by Gasteiger charge is 2.32. The molecule has 4 atom stereocenters. The summed E-state index contributed by atoms with van der Waals surface area (Å²) in [6.07, 6.45) is 11.2. The van der Waals surface area contributed by atoms with Crippen LogP contribution in [0.1, 0.15) is 143 Å². The van der Waals surface area contributed by atoms with Crippen LogP contribution in [0.3, 0.4) is 0 Å². The second-order valence-corrected chi connectivity index (χ2v) is 17.9. The molecule has 0 radical (unpaired) electrons. The van der Waals surface area contributed by atoms with Crippen molar-refractivity contribution in [1.29, 1.82) is 0 Å². The third-order valence-corrected chi connectivity index (χ3v) is 13.8. The number of hydrogen-bond donors (Lipinski definition) is 3. The van der Waals surface area contributed by atoms with Crippen molar-refractivity contribution < 1.29 is 24.2 Å². The van der Waals surface area contributed by atoms with Gasteiger partial charge >= 0.3 is 0 Å². The van der Waals surface area contributed by atoms with Gasteiger partial charge in [0, 0.05) is 60.7 Å². The van der Waals surface area contributed by atoms with Gasteiger partial charge in [0.05, 0.1) is 17.8 Å². The smallest absolute Gasteiger partial charge is 0.266 e. The SMILES string of the molecule is C=C1N(C)C=C(C(=O)Nc2cccc(-c3cccc(-c4cc5c(c(OC)n4)C(C)CC5)c3Cl)c2CCC)C(=O)N1C.CC.CCC(C)CCC(CC)(CC)NC(=O)C(C)C(C)CCO. The molecule has 2 heterocycles. The Kier molecular flexibility index (Phi) is 21.1. The Morgan fingerprint density at radius 2 is 1.66 bits per heavy atom. The fourth-order valence-electron chi connectivity index (χ4n) is 8.40. The lowest BCUT2D eigenvalue weighted by atomic mass is 9.83. The zero-order chi connectivity index (χ0) is 47.9. The van der Waals surface area contributed by atoms with Crippen molar-refractivity contribution in [1.82, 2.24) is 20.1 Å². The van der Waals surface area contributed by atoms with E-state index in [0.717, 1.165) is 66.5 Å². The fraction of sp³-hybridized carbons (Fsp3) is 0.547. The molecule has 2 aromatic carbocycles. The van der Waals surface area contributed by atoms with E-state index in [1.807, 2.05) is 64.1 Å². The highest BCUT2D eigenvalue weighted by Crippen LogP contribution is 2.44. The lowest BCUT2D eigenvalue weighted by Gasteiger charge is -2.36. The predicted molar refractivity (Wildman–Crippen MR) is 265 cm³/mol. The second kappa shape index (κ2) is 25.1. The van der Waals surface area contributed by atoms with Crippen molar-refractivity contribution >= 4 is 35.0 Å². The van der Waals surface area contributed by atoms with E-state index in [0.29, 0.717) is 47.1 Å². The number of ether oxygens (including phenoxy) is 1. The molecule has 0 saturated carbocycles. The van der Waals surface area contributed by atoms with Crippen molar-refractivity contribution in [3.63, 3.8) is 0 Å². The van der Waals surface area contributed by atoms with Crippen LogP contribution >= 0.6 is 11.6 Å². The van der Waals surface area contributed by atoms with Gasteiger partial charge < -0.3 is 25.4 Å². The van der Waals surface area contributed by atoms with E-state index in [-0.39, 0.29) is 35.5 Å². The molecule has 3 N–H and O–H groups in total. The minimum Gasteiger partial charge on any atom is -0.481 e. The first kappa shape index (κ1) is 53.7. The second-order valence-electron chi connectivity index (χ2n) is 17.5. The van der Waals surface area contributed by atoms with E-state index >= 15 is 0 Å². The van der Waals surface area contributed by atoms with Gasteiger partial charge in [0.2, 0.25) is 11.8 Å². The van der Waals surface area contributed by atoms with Crippen LogP contribution < -0.4 is 15.4 Å². The standard InChI is InChI=1S/C33H35ClN4O3.C18H37NO2.C2H6/c1-7-10-23-22(11-9-14-27(23)35-31(39)26-18-37(4)20(3)38(5)33(26)40)24-12-8-13-25(30(24)34)28-17-21-16-15-19(2)29(21)32(36-28)41-6;1-7-14(4)10-12-18(8-2,9-3)19-17(21)16(6)15(5)11-13-20;1-2/h8-9,11-14,17-19H,3,7,10,15-16H2,1-2,4-6H3,(H,35,39);14-16,20H,7-13H2,1-6H3,(H,19,21);1-2H3. The maximum atomic E-state index is 13.3. The Balaban J connectivity index is 0.000000402. The first-order valence-corrected chi connectivity index (χ1v) is 24.0. The summed E-state index contributed by atoms with van der Waals surface area (Å²) in [6.45, 7) is 25.2. The molecule has 3 aromatic rings. The Morgan fingerprint density at radius 1 is 1.02 bits per heavy atom. The number of hydrogen-bond acceptors (Lipinski definition) is 7. The zero-order valence-corrected chi connectivity index (χ0v) is 42.0. The normalized spacial score (nSPS) is 16.0. The van der Waals surface area contributed by atoms with Crippen molar-refractivity contribution in [3.05, 3.63) is 88.4 Å². The van der Waals surface area contributed by atoms with Gasteiger partial charge in [0.25, 0.3) is 11.8 Å². The van der Waals surface area contributed by atoms with E-state index in [9.17, 15) is 14.4 Å². The minimum atomic E-state index is -0.473. The summed E-state index contributed by atoms with van der Waals surface area (Å²) in [6, 6.07) is 13.8. The Labute approximate surface area is 390 Å². The quantitative estimate of drug-likeness (QED) is 0.109. The number of carbonyl (C=O) groups excluding carboxylic acids is 3. The van der Waals surface area contributed by atoms with Crippen LogP contribution in [-0.4, -0.2) is 71.0 Å². The first-order chi connectivity index (χ1) is 30.5. The summed E-state index contributed by atoms with van der Waals surface area (Å²) >= 11 is 7.13. The average Bonchev–Trinajstić information content (AvgIpc) is 3.69. The van der Waals surface area contributed by atoms with Crippen LogP contribution in [0.25, 0.3) is 22.4 Å². The lowest BCUT2D eigenvalue weighted by Crippen LogP contribution is -2.50. The van der Waals surface area contributed by atoms with Crippen LogP contribution in [0.2, 0.25) is 5.02 Å². The van der Waals surface area contributed by atoms with Gasteiger partial charge in [-0.2, -0.15) is 0 Å². The summed E-state index contributed by atoms with van der Waals surface area (Å²) in [5.41, 5.74) is 7.39. The van der Waals surface area contributed by atoms with Crippen molar-refractivity contribution in [2.24, 2.45) is 17.8 Å². The number of aliphatic hydroxyl groups is 1. The summed E-state index contributed by atoms with van der Waals surface area (Å²) in [4.78, 5) is 46.6. The van der Waals surface area contributed by atoms with Gasteiger partial charge in [-0.15, -0.1) is 0 Å². The van der Waals surface area contributed by atoms with Gasteiger partial charge in [-0.1, -0.05) is 131 Å². The molecule has 0 saturated heterocycles. The first-order valence-electron chi connectivity index (χ1n) is 23.7. The number of likely N-dealkylation sites (N-methyl/N-ethyl adjacent to an activating group) is 1. The number of rotatable bonds is 18. The van der Waals surface area contributed by atoms with Crippen LogP contribution in [0.5, 0.6) is 5.88 Å². The molecular weight excluding hydrogens is 822 g/mol. The number of amides is 3. The molecule has 352 valence electrons. The lowest BCUT2D eigenvalue weighted by molar-refractivity contribution is -0.129. The molecule has 1 aromatic heterocycles. The van der Waals surface area contributed by atoms with Gasteiger partial charge in [0.1, 0.15) is 11.4 Å². The molecule has 64 heavy (non-hydrogen) atoms. The van der Waals surface area contributed by atoms with Gasteiger partial charge in [0.15, 0.2) is 0 Å². The van der Waals surface area contributed by atoms with Crippen LogP contribution in [0.4, 0.5) is 5.69 Å². The Morgan fingerprint density at radius 3 is 2.27 bits per heavy atom. The summed E-state index contributed by atoms with van der Waals surface area (Å²) in [5.74, 6) is 1.73. The van der Waals surface area contributed by atoms with Crippen molar-refractivity contribution in [3.8, 4) is 28.3 Å². The summed E-state index contributed by atoms with van der Waals surface area (Å²) in [7, 11) is 5.02. The highest BCUT2D eigenvalue weighted by molar-refractivity contribution is 6.36. The van der Waals surface area contributed by atoms with Gasteiger partial charge in [-0.05, 0) is 97.9 Å². The van der Waals surface area contributed by atoms with Crippen molar-refractivity contribution in [2.75, 3.05) is 33.1 Å². The minimum absolute atomic E-state index is 0.0428. The molecule has 0 spiro atoms. The molecule has 5 rings (SSSR count). The van der Waals surface area contributed by atoms with Crippen LogP contribution in [0, 0.1) is 17.8 Å². The Hall–Kier alpha value is -4.67. The monoisotopic (exact) mass is 900 g/mol. The molecule has 3 amide bonds. The molecule has 0 fully saturated rings. The topological polar surface area (TPSA) is 124 Å². The number of nitrogens with zero attached hydrogens (tertiary/aromatic N) is 3. The average molecular weight is 901 g/mol. The van der Waals surface area contributed by atoms with Gasteiger partial charge in [-0.3, -0.25) is 19.3 Å². The molecule has 1 aliphatic heterocycles. The van der Waals surface area contributed by atoms with E-state index in [1.165, 1.54) is 35.1 Å². The summed E-state index contributed by atoms with van der Waals surface area (Å²) < 4.78 is 5.69. The molecule has 4 unspecified atom stereocenters.